The Bertz CT molecular complexity index is 320. The third-order valence-electron chi connectivity index (χ3n) is 3.23. The fourth-order valence-electron chi connectivity index (χ4n) is 2.12. The predicted octanol–water partition coefficient (Wildman–Crippen LogP) is 2.06. The molecule has 0 bridgehead atoms. The third-order valence-corrected chi connectivity index (χ3v) is 3.23. The van der Waals surface area contributed by atoms with Gasteiger partial charge in [-0.1, -0.05) is 25.1 Å². The molecule has 2 heteroatoms. The highest BCUT2D eigenvalue weighted by atomic mass is 19.1. The molecule has 13 heavy (non-hydrogen) atoms. The van der Waals surface area contributed by atoms with Gasteiger partial charge < -0.3 is 5.73 Å². The molecule has 1 saturated carbocycles. The first kappa shape index (κ1) is 8.70. The van der Waals surface area contributed by atoms with Crippen LogP contribution in [0.3, 0.4) is 0 Å². The van der Waals surface area contributed by atoms with Gasteiger partial charge in [-0.2, -0.15) is 0 Å². The first-order valence-corrected chi connectivity index (χ1v) is 4.66. The lowest BCUT2D eigenvalue weighted by molar-refractivity contribution is 0.554. The van der Waals surface area contributed by atoms with Gasteiger partial charge >= 0.3 is 0 Å². The number of rotatable bonds is 2. The molecule has 2 atom stereocenters. The second kappa shape index (κ2) is 2.81. The van der Waals surface area contributed by atoms with Crippen molar-refractivity contribution in [1.82, 2.24) is 0 Å². The highest BCUT2D eigenvalue weighted by molar-refractivity contribution is 5.34. The Kier molecular flexibility index (Phi) is 1.88. The van der Waals surface area contributed by atoms with Crippen molar-refractivity contribution in [1.29, 1.82) is 0 Å². The predicted molar refractivity (Wildman–Crippen MR) is 50.9 cm³/mol. The molecule has 1 aliphatic rings. The van der Waals surface area contributed by atoms with Crippen molar-refractivity contribution in [2.75, 3.05) is 6.54 Å². The molecule has 2 N–H and O–H groups in total. The Balaban J connectivity index is 2.41. The Labute approximate surface area is 77.8 Å². The first-order chi connectivity index (χ1) is 6.20. The minimum atomic E-state index is -0.114. The lowest BCUT2D eigenvalue weighted by atomic mass is 9.93. The fraction of sp³-hybridized carbons (Fsp3) is 0.455. The summed E-state index contributed by atoms with van der Waals surface area (Å²) in [5.41, 5.74) is 6.43. The Hall–Kier alpha value is -0.890. The molecule has 1 aromatic rings. The van der Waals surface area contributed by atoms with Crippen LogP contribution in [0.15, 0.2) is 24.3 Å². The maximum atomic E-state index is 13.4. The summed E-state index contributed by atoms with van der Waals surface area (Å²) >= 11 is 0. The topological polar surface area (TPSA) is 26.0 Å². The summed E-state index contributed by atoms with van der Waals surface area (Å²) < 4.78 is 13.4. The van der Waals surface area contributed by atoms with E-state index in [2.05, 4.69) is 6.92 Å². The summed E-state index contributed by atoms with van der Waals surface area (Å²) in [6.45, 7) is 2.68. The molecule has 0 radical (unpaired) electrons. The van der Waals surface area contributed by atoms with E-state index in [0.29, 0.717) is 12.5 Å². The van der Waals surface area contributed by atoms with Crippen molar-refractivity contribution in [2.45, 2.75) is 18.8 Å². The normalized spacial score (nSPS) is 31.8. The van der Waals surface area contributed by atoms with Gasteiger partial charge in [0.15, 0.2) is 0 Å². The van der Waals surface area contributed by atoms with Crippen LogP contribution in [0.1, 0.15) is 18.9 Å². The molecule has 1 nitrogen and oxygen atoms in total. The fourth-order valence-corrected chi connectivity index (χ4v) is 2.12. The lowest BCUT2D eigenvalue weighted by Gasteiger charge is -2.14. The van der Waals surface area contributed by atoms with Crippen molar-refractivity contribution in [3.8, 4) is 0 Å². The maximum absolute atomic E-state index is 13.4. The molecule has 1 fully saturated rings. The molecule has 0 aromatic heterocycles. The van der Waals surface area contributed by atoms with Crippen molar-refractivity contribution in [3.05, 3.63) is 35.6 Å². The lowest BCUT2D eigenvalue weighted by Crippen LogP contribution is -2.23. The largest absolute Gasteiger partial charge is 0.330 e. The van der Waals surface area contributed by atoms with E-state index in [1.807, 2.05) is 12.1 Å². The second-order valence-electron chi connectivity index (χ2n) is 3.95. The van der Waals surface area contributed by atoms with Crippen LogP contribution in [0, 0.1) is 11.7 Å². The van der Waals surface area contributed by atoms with E-state index in [0.717, 1.165) is 12.0 Å². The van der Waals surface area contributed by atoms with Crippen molar-refractivity contribution < 1.29 is 4.39 Å². The zero-order chi connectivity index (χ0) is 9.47. The molecular formula is C11H14FN. The van der Waals surface area contributed by atoms with Crippen molar-refractivity contribution in [3.63, 3.8) is 0 Å². The highest BCUT2D eigenvalue weighted by Gasteiger charge is 2.52. The number of hydrogen-bond acceptors (Lipinski definition) is 1. The van der Waals surface area contributed by atoms with Crippen LogP contribution in [0.5, 0.6) is 0 Å². The minimum Gasteiger partial charge on any atom is -0.330 e. The Morgan fingerprint density at radius 3 is 2.62 bits per heavy atom. The molecule has 1 aliphatic carbocycles. The summed E-state index contributed by atoms with van der Waals surface area (Å²) in [7, 11) is 0. The zero-order valence-electron chi connectivity index (χ0n) is 7.76. The molecule has 1 aromatic carbocycles. The van der Waals surface area contributed by atoms with Gasteiger partial charge in [0.1, 0.15) is 5.82 Å². The van der Waals surface area contributed by atoms with Crippen LogP contribution in [0.4, 0.5) is 4.39 Å². The SMILES string of the molecule is CC1CC1(CN)c1ccccc1F. The van der Waals surface area contributed by atoms with E-state index in [1.54, 1.807) is 6.07 Å². The maximum Gasteiger partial charge on any atom is 0.127 e. The number of halogens is 1. The monoisotopic (exact) mass is 179 g/mol. The minimum absolute atomic E-state index is 0.0641. The van der Waals surface area contributed by atoms with Gasteiger partial charge in [0.25, 0.3) is 0 Å². The standard InChI is InChI=1S/C11H14FN/c1-8-6-11(8,7-13)9-4-2-3-5-10(9)12/h2-5,8H,6-7,13H2,1H3. The van der Waals surface area contributed by atoms with E-state index in [4.69, 9.17) is 5.73 Å². The van der Waals surface area contributed by atoms with Gasteiger partial charge in [-0.15, -0.1) is 0 Å². The summed E-state index contributed by atoms with van der Waals surface area (Å²) in [6.07, 6.45) is 1.02. The van der Waals surface area contributed by atoms with Gasteiger partial charge in [0, 0.05) is 12.0 Å². The summed E-state index contributed by atoms with van der Waals surface area (Å²) in [5, 5.41) is 0. The Morgan fingerprint density at radius 1 is 1.54 bits per heavy atom. The average molecular weight is 179 g/mol. The molecule has 0 saturated heterocycles. The van der Waals surface area contributed by atoms with Gasteiger partial charge in [-0.25, -0.2) is 4.39 Å². The van der Waals surface area contributed by atoms with Crippen LogP contribution in [0.2, 0.25) is 0 Å². The summed E-state index contributed by atoms with van der Waals surface area (Å²) in [6, 6.07) is 6.96. The molecular weight excluding hydrogens is 165 g/mol. The van der Waals surface area contributed by atoms with Gasteiger partial charge in [-0.3, -0.25) is 0 Å². The zero-order valence-corrected chi connectivity index (χ0v) is 7.76. The van der Waals surface area contributed by atoms with Crippen LogP contribution in [-0.4, -0.2) is 6.54 Å². The smallest absolute Gasteiger partial charge is 0.127 e. The van der Waals surface area contributed by atoms with Crippen molar-refractivity contribution in [2.24, 2.45) is 11.7 Å². The van der Waals surface area contributed by atoms with Gasteiger partial charge in [0.05, 0.1) is 0 Å². The molecule has 0 heterocycles. The van der Waals surface area contributed by atoms with Crippen LogP contribution in [-0.2, 0) is 5.41 Å². The van der Waals surface area contributed by atoms with Crippen molar-refractivity contribution >= 4 is 0 Å². The van der Waals surface area contributed by atoms with Gasteiger partial charge in [-0.05, 0) is 24.0 Å². The van der Waals surface area contributed by atoms with Crippen LogP contribution in [0.25, 0.3) is 0 Å². The van der Waals surface area contributed by atoms with Crippen LogP contribution >= 0.6 is 0 Å². The van der Waals surface area contributed by atoms with E-state index in [1.165, 1.54) is 6.07 Å². The molecule has 2 unspecified atom stereocenters. The molecule has 0 amide bonds. The average Bonchev–Trinajstić information content (AvgIpc) is 2.79. The molecule has 0 aliphatic heterocycles. The summed E-state index contributed by atoms with van der Waals surface area (Å²) in [5.74, 6) is 0.409. The number of benzene rings is 1. The molecule has 70 valence electrons. The van der Waals surface area contributed by atoms with Crippen LogP contribution < -0.4 is 5.73 Å². The molecule has 0 spiro atoms. The molecule has 2 rings (SSSR count). The number of hydrogen-bond donors (Lipinski definition) is 1. The van der Waals surface area contributed by atoms with E-state index < -0.39 is 0 Å². The quantitative estimate of drug-likeness (QED) is 0.739. The van der Waals surface area contributed by atoms with Gasteiger partial charge in [0.2, 0.25) is 0 Å². The summed E-state index contributed by atoms with van der Waals surface area (Å²) in [4.78, 5) is 0. The third kappa shape index (κ3) is 1.17. The number of nitrogens with two attached hydrogens (primary N) is 1. The van der Waals surface area contributed by atoms with E-state index in [-0.39, 0.29) is 11.2 Å². The second-order valence-corrected chi connectivity index (χ2v) is 3.95. The Morgan fingerprint density at radius 2 is 2.15 bits per heavy atom. The first-order valence-electron chi connectivity index (χ1n) is 4.66. The van der Waals surface area contributed by atoms with E-state index in [9.17, 15) is 4.39 Å². The highest BCUT2D eigenvalue weighted by Crippen LogP contribution is 2.53. The van der Waals surface area contributed by atoms with E-state index >= 15 is 0 Å².